The van der Waals surface area contributed by atoms with Gasteiger partial charge >= 0.3 is 6.09 Å². The number of hydrogen-bond acceptors (Lipinski definition) is 3. The number of carbonyl (C=O) groups is 1. The largest absolute Gasteiger partial charge is 0.449 e. The summed E-state index contributed by atoms with van der Waals surface area (Å²) >= 11 is 0. The van der Waals surface area contributed by atoms with Gasteiger partial charge in [-0.15, -0.1) is 0 Å². The number of aryl methyl sites for hydroxylation is 1. The van der Waals surface area contributed by atoms with Gasteiger partial charge in [0.05, 0.1) is 6.61 Å². The first-order valence-electron chi connectivity index (χ1n) is 11.0. The van der Waals surface area contributed by atoms with Gasteiger partial charge in [-0.25, -0.2) is 4.79 Å². The van der Waals surface area contributed by atoms with Gasteiger partial charge in [-0.1, -0.05) is 25.5 Å². The predicted molar refractivity (Wildman–Crippen MR) is 121 cm³/mol. The van der Waals surface area contributed by atoms with Gasteiger partial charge in [0.2, 0.25) is 0 Å². The first-order valence-corrected chi connectivity index (χ1v) is 11.0. The lowest BCUT2D eigenvalue weighted by molar-refractivity contribution is 0.160. The Hall–Kier alpha value is -2.27. The summed E-state index contributed by atoms with van der Waals surface area (Å²) in [6.07, 6.45) is 11.2. The number of aromatic nitrogens is 1. The third-order valence-electron chi connectivity index (χ3n) is 5.66. The van der Waals surface area contributed by atoms with Crippen molar-refractivity contribution in [3.05, 3.63) is 41.6 Å². The Kier molecular flexibility index (Phi) is 7.76. The fourth-order valence-electron chi connectivity index (χ4n) is 4.24. The summed E-state index contributed by atoms with van der Waals surface area (Å²) in [4.78, 5) is 15.6. The third kappa shape index (κ3) is 5.86. The number of H-pyrrole nitrogens is 1. The van der Waals surface area contributed by atoms with Crippen molar-refractivity contribution in [2.45, 2.75) is 77.8 Å². The van der Waals surface area contributed by atoms with Crippen LogP contribution < -0.4 is 10.6 Å². The minimum Gasteiger partial charge on any atom is -0.449 e. The number of aromatic amines is 1. The molecular weight excluding hydrogens is 362 g/mol. The van der Waals surface area contributed by atoms with Crippen molar-refractivity contribution < 1.29 is 9.53 Å². The van der Waals surface area contributed by atoms with Crippen LogP contribution in [0.3, 0.4) is 0 Å². The molecule has 1 aliphatic carbocycles. The standard InChI is InChI=1S/C24H35N3O2/c1-4-6-7-8-14-29-24(28)26-19-11-13-23-21(16-19)20-15-18(10-12-22(20)27-23)25-17(3)9-5-2/h4,6,11,13,16-18,25,27H,5,7-10,12,14-15H2,1-3H3,(H,26,28). The highest BCUT2D eigenvalue weighted by Crippen LogP contribution is 2.31. The molecule has 3 rings (SSSR count). The Morgan fingerprint density at radius 2 is 2.28 bits per heavy atom. The molecule has 3 N–H and O–H groups in total. The molecule has 2 unspecified atom stereocenters. The molecule has 0 radical (unpaired) electrons. The number of anilines is 1. The second-order valence-corrected chi connectivity index (χ2v) is 8.11. The molecule has 5 nitrogen and oxygen atoms in total. The number of amides is 1. The van der Waals surface area contributed by atoms with Gasteiger partial charge < -0.3 is 15.0 Å². The number of fused-ring (bicyclic) bond motifs is 3. The normalized spacial score (nSPS) is 17.4. The van der Waals surface area contributed by atoms with Gasteiger partial charge in [-0.2, -0.15) is 0 Å². The summed E-state index contributed by atoms with van der Waals surface area (Å²) in [7, 11) is 0. The molecule has 1 aliphatic rings. The molecule has 29 heavy (non-hydrogen) atoms. The van der Waals surface area contributed by atoms with Crippen molar-refractivity contribution >= 4 is 22.7 Å². The van der Waals surface area contributed by atoms with E-state index in [1.807, 2.05) is 19.1 Å². The van der Waals surface area contributed by atoms with Crippen LogP contribution in [0.5, 0.6) is 0 Å². The maximum Gasteiger partial charge on any atom is 0.411 e. The van der Waals surface area contributed by atoms with Crippen molar-refractivity contribution in [1.82, 2.24) is 10.3 Å². The number of rotatable bonds is 9. The van der Waals surface area contributed by atoms with E-state index in [1.165, 1.54) is 35.9 Å². The minimum atomic E-state index is -0.387. The molecule has 2 atom stereocenters. The molecule has 1 aromatic heterocycles. The molecule has 1 aromatic carbocycles. The highest BCUT2D eigenvalue weighted by atomic mass is 16.5. The zero-order chi connectivity index (χ0) is 20.6. The summed E-state index contributed by atoms with van der Waals surface area (Å²) in [5.74, 6) is 0. The molecule has 0 saturated carbocycles. The van der Waals surface area contributed by atoms with Crippen LogP contribution in [0.15, 0.2) is 30.4 Å². The average molecular weight is 398 g/mol. The number of hydrogen-bond donors (Lipinski definition) is 3. The zero-order valence-corrected chi connectivity index (χ0v) is 18.0. The Bertz CT molecular complexity index is 840. The first-order chi connectivity index (χ1) is 14.1. The van der Waals surface area contributed by atoms with E-state index in [0.29, 0.717) is 18.7 Å². The third-order valence-corrected chi connectivity index (χ3v) is 5.66. The quantitative estimate of drug-likeness (QED) is 0.375. The Morgan fingerprint density at radius 3 is 3.07 bits per heavy atom. The number of ether oxygens (including phenoxy) is 1. The van der Waals surface area contributed by atoms with E-state index in [9.17, 15) is 4.79 Å². The summed E-state index contributed by atoms with van der Waals surface area (Å²) in [6, 6.07) is 7.13. The van der Waals surface area contributed by atoms with Gasteiger partial charge in [0.1, 0.15) is 0 Å². The van der Waals surface area contributed by atoms with E-state index in [-0.39, 0.29) is 6.09 Å². The van der Waals surface area contributed by atoms with Gasteiger partial charge in [-0.05, 0) is 76.1 Å². The lowest BCUT2D eigenvalue weighted by atomic mass is 9.90. The van der Waals surface area contributed by atoms with E-state index in [1.54, 1.807) is 0 Å². The van der Waals surface area contributed by atoms with Gasteiger partial charge in [0, 0.05) is 34.4 Å². The van der Waals surface area contributed by atoms with Gasteiger partial charge in [0.25, 0.3) is 0 Å². The Labute approximate surface area is 174 Å². The number of nitrogens with one attached hydrogen (secondary N) is 3. The molecule has 0 bridgehead atoms. The number of allylic oxidation sites excluding steroid dienone is 2. The van der Waals surface area contributed by atoms with Crippen molar-refractivity contribution in [3.8, 4) is 0 Å². The van der Waals surface area contributed by atoms with Gasteiger partial charge in [0.15, 0.2) is 0 Å². The smallest absolute Gasteiger partial charge is 0.411 e. The molecule has 1 amide bonds. The fraction of sp³-hybridized carbons (Fsp3) is 0.542. The predicted octanol–water partition coefficient (Wildman–Crippen LogP) is 5.71. The minimum absolute atomic E-state index is 0.387. The van der Waals surface area contributed by atoms with Crippen molar-refractivity contribution in [2.24, 2.45) is 0 Å². The molecule has 158 valence electrons. The van der Waals surface area contributed by atoms with Crippen LogP contribution in [0, 0.1) is 0 Å². The lowest BCUT2D eigenvalue weighted by Gasteiger charge is -2.27. The SMILES string of the molecule is CC=CCCCOC(=O)Nc1ccc2[nH]c3c(c2c1)CC(NC(C)CCC)CC3. The summed E-state index contributed by atoms with van der Waals surface area (Å²) < 4.78 is 5.28. The van der Waals surface area contributed by atoms with E-state index in [2.05, 4.69) is 47.7 Å². The average Bonchev–Trinajstić information content (AvgIpc) is 3.05. The van der Waals surface area contributed by atoms with Crippen LogP contribution in [0.2, 0.25) is 0 Å². The van der Waals surface area contributed by atoms with Crippen LogP contribution >= 0.6 is 0 Å². The maximum atomic E-state index is 12.1. The molecule has 5 heteroatoms. The van der Waals surface area contributed by atoms with E-state index in [0.717, 1.165) is 36.9 Å². The Morgan fingerprint density at radius 1 is 1.41 bits per heavy atom. The van der Waals surface area contributed by atoms with Crippen LogP contribution in [-0.4, -0.2) is 29.8 Å². The lowest BCUT2D eigenvalue weighted by Crippen LogP contribution is -2.40. The Balaban J connectivity index is 1.63. The first kappa shape index (κ1) is 21.4. The summed E-state index contributed by atoms with van der Waals surface area (Å²) in [5, 5.41) is 7.87. The van der Waals surface area contributed by atoms with Gasteiger partial charge in [-0.3, -0.25) is 5.32 Å². The van der Waals surface area contributed by atoms with Crippen LogP contribution in [0.1, 0.15) is 64.1 Å². The van der Waals surface area contributed by atoms with Crippen molar-refractivity contribution in [1.29, 1.82) is 0 Å². The topological polar surface area (TPSA) is 66.1 Å². The van der Waals surface area contributed by atoms with E-state index in [4.69, 9.17) is 4.74 Å². The number of benzene rings is 1. The van der Waals surface area contributed by atoms with Crippen LogP contribution in [0.4, 0.5) is 10.5 Å². The summed E-state index contributed by atoms with van der Waals surface area (Å²) in [5.41, 5.74) is 4.65. The highest BCUT2D eigenvalue weighted by molar-refractivity contribution is 5.92. The van der Waals surface area contributed by atoms with Crippen LogP contribution in [-0.2, 0) is 17.6 Å². The molecular formula is C24H35N3O2. The fourth-order valence-corrected chi connectivity index (χ4v) is 4.24. The number of unbranched alkanes of at least 4 members (excludes halogenated alkanes) is 1. The molecule has 2 aromatic rings. The number of carbonyl (C=O) groups excluding carboxylic acids is 1. The van der Waals surface area contributed by atoms with E-state index >= 15 is 0 Å². The second kappa shape index (κ2) is 10.5. The molecule has 0 aliphatic heterocycles. The molecule has 1 heterocycles. The van der Waals surface area contributed by atoms with Crippen molar-refractivity contribution in [2.75, 3.05) is 11.9 Å². The van der Waals surface area contributed by atoms with Crippen molar-refractivity contribution in [3.63, 3.8) is 0 Å². The van der Waals surface area contributed by atoms with E-state index < -0.39 is 0 Å². The monoisotopic (exact) mass is 397 g/mol. The molecule has 0 saturated heterocycles. The molecule has 0 spiro atoms. The second-order valence-electron chi connectivity index (χ2n) is 8.11. The molecule has 0 fully saturated rings. The summed E-state index contributed by atoms with van der Waals surface area (Å²) in [6.45, 7) is 6.94. The maximum absolute atomic E-state index is 12.1. The van der Waals surface area contributed by atoms with Crippen LogP contribution in [0.25, 0.3) is 10.9 Å². The highest BCUT2D eigenvalue weighted by Gasteiger charge is 2.23. The zero-order valence-electron chi connectivity index (χ0n) is 18.0.